The molecular formula is C14H19BrClNO3S. The Labute approximate surface area is 138 Å². The molecule has 0 spiro atoms. The number of unbranched alkanes of at least 4 members (excludes halogenated alkanes) is 1. The summed E-state index contributed by atoms with van der Waals surface area (Å²) in [7, 11) is 1.51. The first-order valence-corrected chi connectivity index (χ1v) is 9.82. The van der Waals surface area contributed by atoms with Crippen LogP contribution in [0, 0.1) is 6.92 Å². The van der Waals surface area contributed by atoms with Crippen LogP contribution in [0.25, 0.3) is 0 Å². The van der Waals surface area contributed by atoms with Crippen molar-refractivity contribution in [2.24, 2.45) is 0 Å². The highest BCUT2D eigenvalue weighted by molar-refractivity contribution is 9.10. The molecule has 0 radical (unpaired) electrons. The first-order chi connectivity index (χ1) is 9.66. The Morgan fingerprint density at radius 3 is 2.57 bits per heavy atom. The summed E-state index contributed by atoms with van der Waals surface area (Å²) >= 11 is 3.21. The van der Waals surface area contributed by atoms with Gasteiger partial charge in [0.05, 0.1) is 4.90 Å². The van der Waals surface area contributed by atoms with Gasteiger partial charge in [0, 0.05) is 26.8 Å². The van der Waals surface area contributed by atoms with Crippen molar-refractivity contribution < 1.29 is 13.2 Å². The topological polar surface area (TPSA) is 63.2 Å². The molecule has 1 unspecified atom stereocenters. The third-order valence-corrected chi connectivity index (χ3v) is 5.11. The summed E-state index contributed by atoms with van der Waals surface area (Å²) in [6.07, 6.45) is 2.97. The quantitative estimate of drug-likeness (QED) is 0.739. The van der Waals surface area contributed by atoms with Crippen molar-refractivity contribution in [3.63, 3.8) is 0 Å². The SMILES string of the molecule is CCCCC(C)NC(=O)c1cc(Br)cc(S(=O)(=O)Cl)c1C. The Bertz CT molecular complexity index is 631. The maximum atomic E-state index is 12.3. The summed E-state index contributed by atoms with van der Waals surface area (Å²) in [6, 6.07) is 3.03. The number of amides is 1. The highest BCUT2D eigenvalue weighted by atomic mass is 79.9. The maximum Gasteiger partial charge on any atom is 0.261 e. The zero-order valence-corrected chi connectivity index (χ0v) is 15.4. The molecule has 1 aromatic rings. The Morgan fingerprint density at radius 1 is 1.43 bits per heavy atom. The summed E-state index contributed by atoms with van der Waals surface area (Å²) in [5.74, 6) is -0.293. The zero-order valence-electron chi connectivity index (χ0n) is 12.2. The van der Waals surface area contributed by atoms with Crippen molar-refractivity contribution >= 4 is 41.6 Å². The Balaban J connectivity index is 3.08. The molecule has 21 heavy (non-hydrogen) atoms. The average molecular weight is 397 g/mol. The van der Waals surface area contributed by atoms with Crippen LogP contribution in [0.4, 0.5) is 0 Å². The lowest BCUT2D eigenvalue weighted by molar-refractivity contribution is 0.0937. The van der Waals surface area contributed by atoms with E-state index in [1.165, 1.54) is 6.07 Å². The standard InChI is InChI=1S/C14H19BrClNO3S/c1-4-5-6-9(2)17-14(18)12-7-11(15)8-13(10(12)3)21(16,19)20/h7-9H,4-6H2,1-3H3,(H,17,18). The van der Waals surface area contributed by atoms with Gasteiger partial charge in [0.25, 0.3) is 15.0 Å². The second kappa shape index (κ2) is 7.61. The van der Waals surface area contributed by atoms with E-state index in [1.807, 2.05) is 6.92 Å². The second-order valence-electron chi connectivity index (χ2n) is 5.03. The van der Waals surface area contributed by atoms with Crippen LogP contribution in [0.3, 0.4) is 0 Å². The minimum Gasteiger partial charge on any atom is -0.350 e. The van der Waals surface area contributed by atoms with E-state index in [-0.39, 0.29) is 16.8 Å². The molecule has 1 atom stereocenters. The van der Waals surface area contributed by atoms with Crippen molar-refractivity contribution in [2.45, 2.75) is 51.0 Å². The van der Waals surface area contributed by atoms with E-state index in [9.17, 15) is 13.2 Å². The van der Waals surface area contributed by atoms with Crippen molar-refractivity contribution in [3.05, 3.63) is 27.7 Å². The highest BCUT2D eigenvalue weighted by Crippen LogP contribution is 2.27. The molecule has 0 aromatic heterocycles. The summed E-state index contributed by atoms with van der Waals surface area (Å²) in [5, 5.41) is 2.88. The summed E-state index contributed by atoms with van der Waals surface area (Å²) in [4.78, 5) is 12.2. The van der Waals surface area contributed by atoms with E-state index >= 15 is 0 Å². The molecule has 7 heteroatoms. The third kappa shape index (κ3) is 5.27. The van der Waals surface area contributed by atoms with Gasteiger partial charge in [-0.1, -0.05) is 35.7 Å². The number of hydrogen-bond acceptors (Lipinski definition) is 3. The lowest BCUT2D eigenvalue weighted by atomic mass is 10.1. The average Bonchev–Trinajstić information content (AvgIpc) is 2.37. The van der Waals surface area contributed by atoms with Crippen LogP contribution in [-0.2, 0) is 9.05 Å². The molecule has 0 aliphatic heterocycles. The number of nitrogens with one attached hydrogen (secondary N) is 1. The van der Waals surface area contributed by atoms with Crippen LogP contribution in [-0.4, -0.2) is 20.4 Å². The number of hydrogen-bond donors (Lipinski definition) is 1. The van der Waals surface area contributed by atoms with Gasteiger partial charge in [0.15, 0.2) is 0 Å². The van der Waals surface area contributed by atoms with Crippen molar-refractivity contribution in [2.75, 3.05) is 0 Å². The monoisotopic (exact) mass is 395 g/mol. The minimum absolute atomic E-state index is 0.0342. The van der Waals surface area contributed by atoms with Crippen LogP contribution < -0.4 is 5.32 Å². The van der Waals surface area contributed by atoms with Gasteiger partial charge in [-0.25, -0.2) is 8.42 Å². The molecule has 0 aliphatic carbocycles. The van der Waals surface area contributed by atoms with Gasteiger partial charge < -0.3 is 5.32 Å². The Morgan fingerprint density at radius 2 is 2.05 bits per heavy atom. The van der Waals surface area contributed by atoms with Gasteiger partial charge >= 0.3 is 0 Å². The predicted molar refractivity (Wildman–Crippen MR) is 88.4 cm³/mol. The lowest BCUT2D eigenvalue weighted by Gasteiger charge is -2.16. The van der Waals surface area contributed by atoms with Crippen molar-refractivity contribution in [1.82, 2.24) is 5.32 Å². The highest BCUT2D eigenvalue weighted by Gasteiger charge is 2.21. The minimum atomic E-state index is -3.89. The molecule has 0 heterocycles. The van der Waals surface area contributed by atoms with E-state index in [1.54, 1.807) is 13.0 Å². The molecule has 4 nitrogen and oxygen atoms in total. The lowest BCUT2D eigenvalue weighted by Crippen LogP contribution is -2.33. The van der Waals surface area contributed by atoms with Crippen molar-refractivity contribution in [3.8, 4) is 0 Å². The van der Waals surface area contributed by atoms with Crippen LogP contribution in [0.1, 0.15) is 49.0 Å². The molecule has 118 valence electrons. The van der Waals surface area contributed by atoms with Crippen LogP contribution in [0.2, 0.25) is 0 Å². The fourth-order valence-corrected chi connectivity index (χ4v) is 3.86. The largest absolute Gasteiger partial charge is 0.350 e. The third-order valence-electron chi connectivity index (χ3n) is 3.20. The number of halogens is 2. The molecule has 1 aromatic carbocycles. The Kier molecular flexibility index (Phi) is 6.69. The van der Waals surface area contributed by atoms with E-state index in [0.717, 1.165) is 19.3 Å². The molecular weight excluding hydrogens is 378 g/mol. The van der Waals surface area contributed by atoms with Crippen LogP contribution in [0.15, 0.2) is 21.5 Å². The summed E-state index contributed by atoms with van der Waals surface area (Å²) < 4.78 is 23.6. The molecule has 1 rings (SSSR count). The predicted octanol–water partition coefficient (Wildman–Crippen LogP) is 3.99. The molecule has 0 bridgehead atoms. The van der Waals surface area contributed by atoms with Crippen LogP contribution in [0.5, 0.6) is 0 Å². The van der Waals surface area contributed by atoms with E-state index < -0.39 is 9.05 Å². The fraction of sp³-hybridized carbons (Fsp3) is 0.500. The molecule has 0 aliphatic rings. The van der Waals surface area contributed by atoms with E-state index in [2.05, 4.69) is 28.2 Å². The smallest absolute Gasteiger partial charge is 0.261 e. The number of benzene rings is 1. The van der Waals surface area contributed by atoms with Crippen molar-refractivity contribution in [1.29, 1.82) is 0 Å². The number of carbonyl (C=O) groups excluding carboxylic acids is 1. The van der Waals surface area contributed by atoms with Crippen LogP contribution >= 0.6 is 26.6 Å². The summed E-state index contributed by atoms with van der Waals surface area (Å²) in [6.45, 7) is 5.60. The van der Waals surface area contributed by atoms with Gasteiger partial charge in [0.1, 0.15) is 0 Å². The molecule has 1 N–H and O–H groups in total. The molecule has 1 amide bonds. The number of carbonyl (C=O) groups is 1. The van der Waals surface area contributed by atoms with E-state index in [4.69, 9.17) is 10.7 Å². The van der Waals surface area contributed by atoms with Gasteiger partial charge in [-0.15, -0.1) is 0 Å². The van der Waals surface area contributed by atoms with Gasteiger partial charge in [0.2, 0.25) is 0 Å². The summed E-state index contributed by atoms with van der Waals surface area (Å²) in [5.41, 5.74) is 0.667. The normalized spacial score (nSPS) is 13.0. The molecule has 0 fully saturated rings. The first-order valence-electron chi connectivity index (χ1n) is 6.72. The fourth-order valence-electron chi connectivity index (χ4n) is 2.03. The number of rotatable bonds is 6. The molecule has 0 saturated carbocycles. The van der Waals surface area contributed by atoms with E-state index in [0.29, 0.717) is 15.6 Å². The molecule has 0 saturated heterocycles. The van der Waals surface area contributed by atoms with Gasteiger partial charge in [-0.2, -0.15) is 0 Å². The van der Waals surface area contributed by atoms with Gasteiger partial charge in [-0.05, 0) is 38.0 Å². The first kappa shape index (κ1) is 18.5. The zero-order chi connectivity index (χ0) is 16.2. The maximum absolute atomic E-state index is 12.3. The van der Waals surface area contributed by atoms with Gasteiger partial charge in [-0.3, -0.25) is 4.79 Å². The Hall–Kier alpha value is -0.590. The second-order valence-corrected chi connectivity index (χ2v) is 8.48.